The van der Waals surface area contributed by atoms with Gasteiger partial charge >= 0.3 is 0 Å². The van der Waals surface area contributed by atoms with E-state index in [0.717, 1.165) is 33.7 Å². The lowest BCUT2D eigenvalue weighted by Crippen LogP contribution is -2.52. The number of ether oxygens (including phenoxy) is 1. The molecule has 2 N–H and O–H groups in total. The maximum Gasteiger partial charge on any atom is 0.238 e. The zero-order chi connectivity index (χ0) is 22.3. The van der Waals surface area contributed by atoms with Crippen molar-refractivity contribution in [3.8, 4) is 16.9 Å². The minimum absolute atomic E-state index is 0.0845. The summed E-state index contributed by atoms with van der Waals surface area (Å²) in [6, 6.07) is 8.15. The van der Waals surface area contributed by atoms with Crippen LogP contribution < -0.4 is 10.5 Å². The van der Waals surface area contributed by atoms with Crippen molar-refractivity contribution in [3.05, 3.63) is 70.4 Å². The third kappa shape index (κ3) is 3.46. The van der Waals surface area contributed by atoms with Crippen LogP contribution in [0.1, 0.15) is 22.9 Å². The molecule has 2 aromatic heterocycles. The molecule has 3 aromatic rings. The molecule has 0 bridgehead atoms. The SMILES string of the molecule is CN1C(=O)C(/C=C/c2ccc3c(c2)CCO3)[C@@](C)(c2cc(-c3cncnc3)cs2)N=C1N. The van der Waals surface area contributed by atoms with Gasteiger partial charge in [-0.2, -0.15) is 0 Å². The summed E-state index contributed by atoms with van der Waals surface area (Å²) in [6.07, 6.45) is 9.88. The van der Waals surface area contributed by atoms with Crippen LogP contribution in [0.3, 0.4) is 0 Å². The Kier molecular flexibility index (Phi) is 5.01. The van der Waals surface area contributed by atoms with Gasteiger partial charge in [0.15, 0.2) is 5.96 Å². The topological polar surface area (TPSA) is 93.7 Å². The molecule has 7 nitrogen and oxygen atoms in total. The molecule has 32 heavy (non-hydrogen) atoms. The number of carbonyl (C=O) groups excluding carboxylic acids is 1. The van der Waals surface area contributed by atoms with E-state index in [2.05, 4.69) is 16.0 Å². The molecule has 0 fully saturated rings. The third-order valence-corrected chi connectivity index (χ3v) is 7.24. The van der Waals surface area contributed by atoms with Gasteiger partial charge in [0.25, 0.3) is 0 Å². The number of nitrogens with zero attached hydrogens (tertiary/aromatic N) is 4. The number of hydrogen-bond acceptors (Lipinski definition) is 7. The molecule has 1 unspecified atom stereocenters. The number of nitrogens with two attached hydrogens (primary N) is 1. The van der Waals surface area contributed by atoms with Gasteiger partial charge in [0.05, 0.1) is 12.5 Å². The maximum absolute atomic E-state index is 13.3. The summed E-state index contributed by atoms with van der Waals surface area (Å²) in [7, 11) is 1.66. The van der Waals surface area contributed by atoms with Crippen molar-refractivity contribution < 1.29 is 9.53 Å². The maximum atomic E-state index is 13.3. The molecule has 2 aliphatic rings. The highest BCUT2D eigenvalue weighted by atomic mass is 32.1. The smallest absolute Gasteiger partial charge is 0.238 e. The van der Waals surface area contributed by atoms with Crippen LogP contribution >= 0.6 is 11.3 Å². The van der Waals surface area contributed by atoms with Gasteiger partial charge in [-0.25, -0.2) is 15.0 Å². The first-order valence-electron chi connectivity index (χ1n) is 10.4. The van der Waals surface area contributed by atoms with E-state index in [1.54, 1.807) is 30.8 Å². The monoisotopic (exact) mass is 445 g/mol. The molecule has 2 atom stereocenters. The van der Waals surface area contributed by atoms with Crippen LogP contribution in [0.5, 0.6) is 5.75 Å². The predicted octanol–water partition coefficient (Wildman–Crippen LogP) is 3.47. The molecule has 8 heteroatoms. The number of carbonyl (C=O) groups is 1. The molecule has 5 rings (SSSR count). The van der Waals surface area contributed by atoms with Crippen LogP contribution in [0.25, 0.3) is 17.2 Å². The average molecular weight is 446 g/mol. The Morgan fingerprint density at radius 1 is 1.25 bits per heavy atom. The second-order valence-corrected chi connectivity index (χ2v) is 9.06. The summed E-state index contributed by atoms with van der Waals surface area (Å²) in [5.41, 5.74) is 9.45. The molecule has 1 amide bonds. The van der Waals surface area contributed by atoms with E-state index in [9.17, 15) is 4.79 Å². The molecular weight excluding hydrogens is 422 g/mol. The number of hydrogen-bond donors (Lipinski definition) is 1. The van der Waals surface area contributed by atoms with Crippen LogP contribution in [0, 0.1) is 5.92 Å². The minimum Gasteiger partial charge on any atom is -0.493 e. The quantitative estimate of drug-likeness (QED) is 0.664. The van der Waals surface area contributed by atoms with Crippen molar-refractivity contribution in [1.29, 1.82) is 0 Å². The standard InChI is InChI=1S/C24H23N5O2S/c1-24(21-10-17(13-32-21)18-11-26-14-27-12-18)19(22(30)29(2)23(25)28-24)5-3-15-4-6-20-16(9-15)7-8-31-20/h3-6,9-14,19H,7-8H2,1-2H3,(H2,25,28)/b5-3+/t19?,24-/m0/s1. The molecular formula is C24H23N5O2S. The van der Waals surface area contributed by atoms with Gasteiger partial charge < -0.3 is 10.5 Å². The first-order chi connectivity index (χ1) is 15.5. The molecule has 0 spiro atoms. The number of aromatic nitrogens is 2. The van der Waals surface area contributed by atoms with Crippen molar-refractivity contribution in [2.45, 2.75) is 18.9 Å². The van der Waals surface area contributed by atoms with Crippen molar-refractivity contribution in [3.63, 3.8) is 0 Å². The lowest BCUT2D eigenvalue weighted by Gasteiger charge is -2.38. The molecule has 0 radical (unpaired) electrons. The highest BCUT2D eigenvalue weighted by molar-refractivity contribution is 7.10. The number of benzene rings is 1. The van der Waals surface area contributed by atoms with Gasteiger partial charge in [-0.3, -0.25) is 9.69 Å². The van der Waals surface area contributed by atoms with Gasteiger partial charge in [-0.1, -0.05) is 18.2 Å². The molecule has 4 heterocycles. The minimum atomic E-state index is -0.817. The highest BCUT2D eigenvalue weighted by Gasteiger charge is 2.45. The Morgan fingerprint density at radius 2 is 2.06 bits per heavy atom. The summed E-state index contributed by atoms with van der Waals surface area (Å²) < 4.78 is 5.60. The third-order valence-electron chi connectivity index (χ3n) is 6.08. The largest absolute Gasteiger partial charge is 0.493 e. The fourth-order valence-corrected chi connectivity index (χ4v) is 5.21. The van der Waals surface area contributed by atoms with E-state index in [-0.39, 0.29) is 11.9 Å². The second-order valence-electron chi connectivity index (χ2n) is 8.14. The van der Waals surface area contributed by atoms with Gasteiger partial charge in [-0.15, -0.1) is 11.3 Å². The van der Waals surface area contributed by atoms with E-state index < -0.39 is 11.5 Å². The summed E-state index contributed by atoms with van der Waals surface area (Å²) in [5, 5.41) is 2.04. The summed E-state index contributed by atoms with van der Waals surface area (Å²) in [4.78, 5) is 28.7. The van der Waals surface area contributed by atoms with E-state index in [4.69, 9.17) is 15.5 Å². The number of aliphatic imine (C=N–C) groups is 1. The Morgan fingerprint density at radius 3 is 2.88 bits per heavy atom. The van der Waals surface area contributed by atoms with Crippen LogP contribution in [0.2, 0.25) is 0 Å². The lowest BCUT2D eigenvalue weighted by atomic mass is 9.81. The molecule has 162 valence electrons. The Balaban J connectivity index is 1.52. The van der Waals surface area contributed by atoms with Crippen LogP contribution in [0.4, 0.5) is 0 Å². The van der Waals surface area contributed by atoms with Crippen LogP contribution in [-0.2, 0) is 16.8 Å². The Bertz CT molecular complexity index is 1240. The molecule has 0 saturated carbocycles. The van der Waals surface area contributed by atoms with Crippen molar-refractivity contribution in [2.24, 2.45) is 16.6 Å². The molecule has 0 saturated heterocycles. The number of fused-ring (bicyclic) bond motifs is 1. The zero-order valence-corrected chi connectivity index (χ0v) is 18.7. The van der Waals surface area contributed by atoms with Gasteiger partial charge in [-0.05, 0) is 47.2 Å². The first-order valence-corrected chi connectivity index (χ1v) is 11.2. The number of guanidine groups is 1. The van der Waals surface area contributed by atoms with E-state index in [0.29, 0.717) is 6.61 Å². The fraction of sp³-hybridized carbons (Fsp3) is 0.250. The van der Waals surface area contributed by atoms with Crippen molar-refractivity contribution >= 4 is 29.3 Å². The highest BCUT2D eigenvalue weighted by Crippen LogP contribution is 2.43. The molecule has 0 aliphatic carbocycles. The lowest BCUT2D eigenvalue weighted by molar-refractivity contribution is -0.132. The average Bonchev–Trinajstić information content (AvgIpc) is 3.48. The predicted molar refractivity (Wildman–Crippen MR) is 125 cm³/mol. The van der Waals surface area contributed by atoms with E-state index in [1.807, 2.05) is 42.7 Å². The van der Waals surface area contributed by atoms with Crippen molar-refractivity contribution in [1.82, 2.24) is 14.9 Å². The Hall–Kier alpha value is -3.52. The molecule has 1 aromatic carbocycles. The second kappa shape index (κ2) is 7.87. The summed E-state index contributed by atoms with van der Waals surface area (Å²) >= 11 is 1.56. The van der Waals surface area contributed by atoms with Gasteiger partial charge in [0.1, 0.15) is 17.6 Å². The van der Waals surface area contributed by atoms with Crippen molar-refractivity contribution in [2.75, 3.05) is 13.7 Å². The van der Waals surface area contributed by atoms with E-state index in [1.165, 1.54) is 16.8 Å². The number of thiophene rings is 1. The van der Waals surface area contributed by atoms with Crippen LogP contribution in [0.15, 0.2) is 59.4 Å². The summed E-state index contributed by atoms with van der Waals surface area (Å²) in [6.45, 7) is 2.68. The van der Waals surface area contributed by atoms with Gasteiger partial charge in [0, 0.05) is 36.3 Å². The number of rotatable bonds is 4. The van der Waals surface area contributed by atoms with Crippen LogP contribution in [-0.4, -0.2) is 40.4 Å². The molecule has 2 aliphatic heterocycles. The normalized spacial score (nSPS) is 22.7. The fourth-order valence-electron chi connectivity index (χ4n) is 4.14. The number of amides is 1. The van der Waals surface area contributed by atoms with E-state index >= 15 is 0 Å². The first kappa shape index (κ1) is 20.4. The van der Waals surface area contributed by atoms with Gasteiger partial charge in [0.2, 0.25) is 5.91 Å². The summed E-state index contributed by atoms with van der Waals surface area (Å²) in [5.74, 6) is 0.574. The Labute approximate surface area is 190 Å². The zero-order valence-electron chi connectivity index (χ0n) is 17.9.